The summed E-state index contributed by atoms with van der Waals surface area (Å²) in [4.78, 5) is 13.4. The second-order valence-corrected chi connectivity index (χ2v) is 4.96. The summed E-state index contributed by atoms with van der Waals surface area (Å²) in [5, 5.41) is 1.06. The number of pyridine rings is 2. The van der Waals surface area contributed by atoms with Crippen LogP contribution in [0.4, 0.5) is 5.95 Å². The Morgan fingerprint density at radius 3 is 2.71 bits per heavy atom. The fourth-order valence-corrected chi connectivity index (χ4v) is 2.62. The van der Waals surface area contributed by atoms with Crippen LogP contribution in [0.15, 0.2) is 48.8 Å². The van der Waals surface area contributed by atoms with Crippen LogP contribution in [0.2, 0.25) is 0 Å². The van der Waals surface area contributed by atoms with E-state index >= 15 is 0 Å². The van der Waals surface area contributed by atoms with E-state index in [2.05, 4.69) is 15.0 Å². The minimum absolute atomic E-state index is 0.421. The minimum Gasteiger partial charge on any atom is -0.369 e. The maximum atomic E-state index is 6.13. The standard InChI is InChI=1S/C16H13N5/c1-10-7-9-19-15-13(10)20-16(17)21(15)12-6-2-4-11-5-3-8-18-14(11)12/h2-9H,1H3,(H2,17,20). The Labute approximate surface area is 121 Å². The number of benzene rings is 1. The number of nitrogens with zero attached hydrogens (tertiary/aromatic N) is 4. The summed E-state index contributed by atoms with van der Waals surface area (Å²) in [5.74, 6) is 0.421. The van der Waals surface area contributed by atoms with Gasteiger partial charge in [0.25, 0.3) is 0 Å². The van der Waals surface area contributed by atoms with E-state index in [1.807, 2.05) is 47.9 Å². The van der Waals surface area contributed by atoms with Crippen molar-refractivity contribution >= 4 is 28.0 Å². The lowest BCUT2D eigenvalue weighted by Crippen LogP contribution is -2.02. The smallest absolute Gasteiger partial charge is 0.207 e. The molecule has 0 unspecified atom stereocenters. The van der Waals surface area contributed by atoms with Gasteiger partial charge in [-0.2, -0.15) is 0 Å². The van der Waals surface area contributed by atoms with Crippen LogP contribution in [0, 0.1) is 6.92 Å². The third kappa shape index (κ3) is 1.67. The first-order valence-electron chi connectivity index (χ1n) is 6.69. The Kier molecular flexibility index (Phi) is 2.41. The van der Waals surface area contributed by atoms with E-state index in [4.69, 9.17) is 5.73 Å². The molecule has 0 aliphatic carbocycles. The molecule has 3 heterocycles. The molecule has 0 atom stereocenters. The predicted molar refractivity (Wildman–Crippen MR) is 83.3 cm³/mol. The molecule has 0 fully saturated rings. The highest BCUT2D eigenvalue weighted by atomic mass is 15.2. The maximum Gasteiger partial charge on any atom is 0.207 e. The molecule has 5 heteroatoms. The first kappa shape index (κ1) is 11.8. The van der Waals surface area contributed by atoms with Gasteiger partial charge < -0.3 is 5.73 Å². The quantitative estimate of drug-likeness (QED) is 0.580. The molecule has 0 saturated carbocycles. The van der Waals surface area contributed by atoms with Gasteiger partial charge in [-0.05, 0) is 30.7 Å². The second kappa shape index (κ2) is 4.28. The number of hydrogen-bond donors (Lipinski definition) is 1. The summed E-state index contributed by atoms with van der Waals surface area (Å²) in [6.45, 7) is 2.00. The third-order valence-corrected chi connectivity index (χ3v) is 3.63. The summed E-state index contributed by atoms with van der Waals surface area (Å²) in [6, 6.07) is 11.9. The van der Waals surface area contributed by atoms with E-state index in [-0.39, 0.29) is 0 Å². The van der Waals surface area contributed by atoms with Crippen molar-refractivity contribution in [3.05, 3.63) is 54.4 Å². The Hall–Kier alpha value is -2.95. The molecule has 4 rings (SSSR count). The van der Waals surface area contributed by atoms with E-state index in [1.165, 1.54) is 0 Å². The molecule has 3 aromatic heterocycles. The number of imidazole rings is 1. The summed E-state index contributed by atoms with van der Waals surface area (Å²) in [5.41, 5.74) is 10.5. The van der Waals surface area contributed by atoms with Gasteiger partial charge in [-0.3, -0.25) is 9.55 Å². The number of aromatic nitrogens is 4. The molecule has 1 aromatic carbocycles. The first-order chi connectivity index (χ1) is 10.3. The van der Waals surface area contributed by atoms with Gasteiger partial charge in [0.15, 0.2) is 5.65 Å². The number of nitrogen functional groups attached to an aromatic ring is 1. The van der Waals surface area contributed by atoms with Crippen molar-refractivity contribution in [3.8, 4) is 5.69 Å². The molecule has 5 nitrogen and oxygen atoms in total. The Balaban J connectivity index is 2.14. The Morgan fingerprint density at radius 2 is 1.81 bits per heavy atom. The van der Waals surface area contributed by atoms with Crippen LogP contribution < -0.4 is 5.73 Å². The molecule has 0 saturated heterocycles. The zero-order chi connectivity index (χ0) is 14.4. The minimum atomic E-state index is 0.421. The fourth-order valence-electron chi connectivity index (χ4n) is 2.62. The topological polar surface area (TPSA) is 69.6 Å². The van der Waals surface area contributed by atoms with Crippen LogP contribution in [0.25, 0.3) is 27.8 Å². The van der Waals surface area contributed by atoms with Crippen molar-refractivity contribution in [2.45, 2.75) is 6.92 Å². The average molecular weight is 275 g/mol. The molecule has 21 heavy (non-hydrogen) atoms. The lowest BCUT2D eigenvalue weighted by molar-refractivity contribution is 1.09. The van der Waals surface area contributed by atoms with Gasteiger partial charge in [0.05, 0.1) is 11.2 Å². The molecule has 102 valence electrons. The number of para-hydroxylation sites is 1. The van der Waals surface area contributed by atoms with Crippen LogP contribution in [0.1, 0.15) is 5.56 Å². The maximum absolute atomic E-state index is 6.13. The van der Waals surface area contributed by atoms with Crippen molar-refractivity contribution in [1.82, 2.24) is 19.5 Å². The van der Waals surface area contributed by atoms with E-state index in [0.717, 1.165) is 33.3 Å². The van der Waals surface area contributed by atoms with E-state index in [1.54, 1.807) is 12.4 Å². The summed E-state index contributed by atoms with van der Waals surface area (Å²) >= 11 is 0. The van der Waals surface area contributed by atoms with Crippen LogP contribution in [0.5, 0.6) is 0 Å². The van der Waals surface area contributed by atoms with Crippen molar-refractivity contribution in [3.63, 3.8) is 0 Å². The Morgan fingerprint density at radius 1 is 0.952 bits per heavy atom. The fraction of sp³-hybridized carbons (Fsp3) is 0.0625. The molecule has 0 aliphatic heterocycles. The zero-order valence-corrected chi connectivity index (χ0v) is 11.5. The molecule has 2 N–H and O–H groups in total. The van der Waals surface area contributed by atoms with Crippen LogP contribution in [-0.2, 0) is 0 Å². The average Bonchev–Trinajstić information content (AvgIpc) is 2.84. The number of anilines is 1. The lowest BCUT2D eigenvalue weighted by Gasteiger charge is -2.08. The summed E-state index contributed by atoms with van der Waals surface area (Å²) in [6.07, 6.45) is 3.55. The second-order valence-electron chi connectivity index (χ2n) is 4.96. The summed E-state index contributed by atoms with van der Waals surface area (Å²) in [7, 11) is 0. The van der Waals surface area contributed by atoms with Crippen molar-refractivity contribution in [2.24, 2.45) is 0 Å². The van der Waals surface area contributed by atoms with Crippen LogP contribution >= 0.6 is 0 Å². The van der Waals surface area contributed by atoms with Gasteiger partial charge in [0.1, 0.15) is 5.52 Å². The molecule has 0 aliphatic rings. The van der Waals surface area contributed by atoms with E-state index in [9.17, 15) is 0 Å². The largest absolute Gasteiger partial charge is 0.369 e. The van der Waals surface area contributed by atoms with Gasteiger partial charge in [0, 0.05) is 17.8 Å². The molecular formula is C16H13N5. The summed E-state index contributed by atoms with van der Waals surface area (Å²) < 4.78 is 1.86. The molecule has 0 radical (unpaired) electrons. The number of aryl methyl sites for hydroxylation is 1. The highest BCUT2D eigenvalue weighted by Crippen LogP contribution is 2.27. The molecule has 0 bridgehead atoms. The molecule has 4 aromatic rings. The van der Waals surface area contributed by atoms with Crippen molar-refractivity contribution in [2.75, 3.05) is 5.73 Å². The van der Waals surface area contributed by atoms with Gasteiger partial charge in [0.2, 0.25) is 5.95 Å². The number of nitrogens with two attached hydrogens (primary N) is 1. The number of hydrogen-bond acceptors (Lipinski definition) is 4. The van der Waals surface area contributed by atoms with Gasteiger partial charge in [-0.15, -0.1) is 0 Å². The highest BCUT2D eigenvalue weighted by molar-refractivity contribution is 5.90. The van der Waals surface area contributed by atoms with E-state index < -0.39 is 0 Å². The zero-order valence-electron chi connectivity index (χ0n) is 11.5. The number of rotatable bonds is 1. The molecule has 0 amide bonds. The van der Waals surface area contributed by atoms with Crippen molar-refractivity contribution < 1.29 is 0 Å². The highest BCUT2D eigenvalue weighted by Gasteiger charge is 2.15. The SMILES string of the molecule is Cc1ccnc2c1nc(N)n2-c1cccc2cccnc12. The predicted octanol–water partition coefficient (Wildman–Crippen LogP) is 2.86. The van der Waals surface area contributed by atoms with Crippen LogP contribution in [0.3, 0.4) is 0 Å². The van der Waals surface area contributed by atoms with E-state index in [0.29, 0.717) is 5.95 Å². The first-order valence-corrected chi connectivity index (χ1v) is 6.69. The van der Waals surface area contributed by atoms with Gasteiger partial charge >= 0.3 is 0 Å². The monoisotopic (exact) mass is 275 g/mol. The molecular weight excluding hydrogens is 262 g/mol. The van der Waals surface area contributed by atoms with Gasteiger partial charge in [-0.1, -0.05) is 18.2 Å². The Bertz CT molecular complexity index is 966. The normalized spacial score (nSPS) is 11.3. The van der Waals surface area contributed by atoms with Crippen molar-refractivity contribution in [1.29, 1.82) is 0 Å². The molecule has 0 spiro atoms. The van der Waals surface area contributed by atoms with Gasteiger partial charge in [-0.25, -0.2) is 9.97 Å². The van der Waals surface area contributed by atoms with Crippen LogP contribution in [-0.4, -0.2) is 19.5 Å². The number of fused-ring (bicyclic) bond motifs is 2. The third-order valence-electron chi connectivity index (χ3n) is 3.63. The lowest BCUT2D eigenvalue weighted by atomic mass is 10.2.